The number of benzene rings is 2. The number of rotatable bonds is 5. The molecular weight excluding hydrogens is 544 g/mol. The smallest absolute Gasteiger partial charge is 0.338 e. The number of ether oxygens (including phenoxy) is 1. The lowest BCUT2D eigenvalue weighted by Gasteiger charge is -2.22. The Morgan fingerprint density at radius 1 is 1.19 bits per heavy atom. The maximum Gasteiger partial charge on any atom is 0.338 e. The molecule has 3 heterocycles. The molecule has 0 aliphatic carbocycles. The van der Waals surface area contributed by atoms with Gasteiger partial charge in [-0.05, 0) is 50.3 Å². The van der Waals surface area contributed by atoms with Crippen LogP contribution in [0.25, 0.3) is 17.4 Å². The van der Waals surface area contributed by atoms with Crippen LogP contribution < -0.4 is 14.9 Å². The lowest BCUT2D eigenvalue weighted by molar-refractivity contribution is -0.139. The molecule has 0 amide bonds. The number of hydrogen-bond donors (Lipinski definition) is 1. The SMILES string of the molecule is CCOC(=O)C1=C(C)N=c2s/c(=C\c3ccccc3O)c(=O)n2[C@@H]1c1ccc(-c2ccc(Br)cc2)o1. The van der Waals surface area contributed by atoms with E-state index in [0.29, 0.717) is 32.1 Å². The molecule has 4 aromatic rings. The summed E-state index contributed by atoms with van der Waals surface area (Å²) in [6.07, 6.45) is 1.62. The molecule has 1 atom stereocenters. The van der Waals surface area contributed by atoms with Crippen LogP contribution in [0.2, 0.25) is 0 Å². The van der Waals surface area contributed by atoms with Crippen LogP contribution in [0.5, 0.6) is 5.75 Å². The van der Waals surface area contributed by atoms with E-state index in [-0.39, 0.29) is 23.5 Å². The lowest BCUT2D eigenvalue weighted by atomic mass is 10.0. The second kappa shape index (κ2) is 9.75. The molecule has 2 aromatic heterocycles. The minimum absolute atomic E-state index is 0.0634. The van der Waals surface area contributed by atoms with Crippen molar-refractivity contribution in [3.63, 3.8) is 0 Å². The maximum absolute atomic E-state index is 13.6. The first-order valence-corrected chi connectivity index (χ1v) is 12.8. The molecule has 1 N–H and O–H groups in total. The summed E-state index contributed by atoms with van der Waals surface area (Å²) in [6, 6.07) is 17.1. The van der Waals surface area contributed by atoms with E-state index in [1.54, 1.807) is 50.3 Å². The van der Waals surface area contributed by atoms with E-state index < -0.39 is 12.0 Å². The van der Waals surface area contributed by atoms with Gasteiger partial charge in [-0.15, -0.1) is 0 Å². The molecule has 1 aliphatic rings. The van der Waals surface area contributed by atoms with Gasteiger partial charge in [0, 0.05) is 15.6 Å². The van der Waals surface area contributed by atoms with E-state index in [1.807, 2.05) is 30.3 Å². The number of allylic oxidation sites excluding steroid dienone is 1. The molecule has 5 rings (SSSR count). The molecule has 1 aliphatic heterocycles. The topological polar surface area (TPSA) is 94.0 Å². The average Bonchev–Trinajstić information content (AvgIpc) is 3.45. The van der Waals surface area contributed by atoms with Crippen LogP contribution >= 0.6 is 27.3 Å². The Morgan fingerprint density at radius 2 is 1.94 bits per heavy atom. The molecule has 0 saturated carbocycles. The van der Waals surface area contributed by atoms with Gasteiger partial charge in [0.05, 0.1) is 22.4 Å². The molecule has 2 aromatic carbocycles. The third kappa shape index (κ3) is 4.36. The van der Waals surface area contributed by atoms with E-state index in [2.05, 4.69) is 20.9 Å². The van der Waals surface area contributed by atoms with Crippen molar-refractivity contribution in [1.82, 2.24) is 4.57 Å². The average molecular weight is 565 g/mol. The Kier molecular flexibility index (Phi) is 6.51. The van der Waals surface area contributed by atoms with Gasteiger partial charge in [-0.2, -0.15) is 0 Å². The second-order valence-electron chi connectivity index (χ2n) is 8.07. The largest absolute Gasteiger partial charge is 0.507 e. The highest BCUT2D eigenvalue weighted by Crippen LogP contribution is 2.34. The zero-order valence-electron chi connectivity index (χ0n) is 19.4. The number of halogens is 1. The van der Waals surface area contributed by atoms with Crippen LogP contribution in [-0.4, -0.2) is 22.2 Å². The van der Waals surface area contributed by atoms with Crippen LogP contribution in [-0.2, 0) is 9.53 Å². The summed E-state index contributed by atoms with van der Waals surface area (Å²) < 4.78 is 14.3. The van der Waals surface area contributed by atoms with Crippen molar-refractivity contribution in [2.45, 2.75) is 19.9 Å². The molecular formula is C27H21BrN2O5S. The number of carbonyl (C=O) groups is 1. The first-order valence-electron chi connectivity index (χ1n) is 11.2. The Hall–Kier alpha value is -3.69. The number of fused-ring (bicyclic) bond motifs is 1. The number of thiazole rings is 1. The fraction of sp³-hybridized carbons (Fsp3) is 0.148. The van der Waals surface area contributed by atoms with Gasteiger partial charge in [0.25, 0.3) is 5.56 Å². The summed E-state index contributed by atoms with van der Waals surface area (Å²) in [6.45, 7) is 3.63. The summed E-state index contributed by atoms with van der Waals surface area (Å²) in [5.74, 6) is 0.529. The standard InChI is InChI=1S/C27H21BrN2O5S/c1-3-34-26(33)23-15(2)29-27-30(25(32)22(36-27)14-17-6-4-5-7-19(17)31)24(23)21-13-12-20(35-21)16-8-10-18(28)11-9-16/h4-14,24,31H,3H2,1-2H3/b22-14-/t24-/m1/s1. The van der Waals surface area contributed by atoms with Gasteiger partial charge in [-0.25, -0.2) is 9.79 Å². The highest BCUT2D eigenvalue weighted by molar-refractivity contribution is 9.10. The van der Waals surface area contributed by atoms with Crippen LogP contribution in [0.3, 0.4) is 0 Å². The van der Waals surface area contributed by atoms with Crippen LogP contribution in [0.15, 0.2) is 90.6 Å². The Balaban J connectivity index is 1.70. The second-order valence-corrected chi connectivity index (χ2v) is 9.99. The van der Waals surface area contributed by atoms with Crippen molar-refractivity contribution in [3.8, 4) is 17.1 Å². The quantitative estimate of drug-likeness (QED) is 0.359. The number of phenolic OH excluding ortho intramolecular Hbond substituents is 1. The van der Waals surface area contributed by atoms with Crippen molar-refractivity contribution in [3.05, 3.63) is 107 Å². The van der Waals surface area contributed by atoms with Gasteiger partial charge in [0.2, 0.25) is 0 Å². The predicted molar refractivity (Wildman–Crippen MR) is 140 cm³/mol. The van der Waals surface area contributed by atoms with Crippen LogP contribution in [0.1, 0.15) is 31.2 Å². The van der Waals surface area contributed by atoms with Crippen molar-refractivity contribution >= 4 is 39.3 Å². The molecule has 0 spiro atoms. The summed E-state index contributed by atoms with van der Waals surface area (Å²) in [5.41, 5.74) is 1.72. The number of furan rings is 1. The van der Waals surface area contributed by atoms with Gasteiger partial charge in [-0.3, -0.25) is 9.36 Å². The molecule has 0 saturated heterocycles. The summed E-state index contributed by atoms with van der Waals surface area (Å²) in [7, 11) is 0. The van der Waals surface area contributed by atoms with Gasteiger partial charge in [0.15, 0.2) is 4.80 Å². The van der Waals surface area contributed by atoms with Crippen molar-refractivity contribution in [2.24, 2.45) is 4.99 Å². The minimum Gasteiger partial charge on any atom is -0.507 e. The number of phenols is 1. The number of hydrogen-bond acceptors (Lipinski definition) is 7. The maximum atomic E-state index is 13.6. The Bertz CT molecular complexity index is 1680. The van der Waals surface area contributed by atoms with Gasteiger partial charge >= 0.3 is 5.97 Å². The zero-order chi connectivity index (χ0) is 25.4. The number of nitrogens with zero attached hydrogens (tertiary/aromatic N) is 2. The van der Waals surface area contributed by atoms with Gasteiger partial charge in [0.1, 0.15) is 23.3 Å². The number of aromatic hydroxyl groups is 1. The molecule has 182 valence electrons. The number of carbonyl (C=O) groups excluding carboxylic acids is 1. The Morgan fingerprint density at radius 3 is 2.67 bits per heavy atom. The first kappa shape index (κ1) is 24.0. The number of aromatic nitrogens is 1. The molecule has 7 nitrogen and oxygen atoms in total. The summed E-state index contributed by atoms with van der Waals surface area (Å²) in [4.78, 5) is 31.7. The third-order valence-corrected chi connectivity index (χ3v) is 7.28. The van der Waals surface area contributed by atoms with E-state index >= 15 is 0 Å². The fourth-order valence-electron chi connectivity index (χ4n) is 4.08. The van der Waals surface area contributed by atoms with Crippen LogP contribution in [0.4, 0.5) is 0 Å². The minimum atomic E-state index is -0.851. The molecule has 0 fully saturated rings. The highest BCUT2D eigenvalue weighted by atomic mass is 79.9. The summed E-state index contributed by atoms with van der Waals surface area (Å²) in [5, 5.41) is 10.2. The Labute approximate surface area is 218 Å². The normalized spacial score (nSPS) is 15.5. The zero-order valence-corrected chi connectivity index (χ0v) is 21.8. The highest BCUT2D eigenvalue weighted by Gasteiger charge is 2.35. The molecule has 0 radical (unpaired) electrons. The number of esters is 1. The van der Waals surface area contributed by atoms with E-state index in [1.165, 1.54) is 15.9 Å². The number of para-hydroxylation sites is 1. The first-order chi connectivity index (χ1) is 17.4. The molecule has 9 heteroatoms. The van der Waals surface area contributed by atoms with E-state index in [9.17, 15) is 14.7 Å². The molecule has 0 bridgehead atoms. The summed E-state index contributed by atoms with van der Waals surface area (Å²) >= 11 is 4.62. The van der Waals surface area contributed by atoms with E-state index in [4.69, 9.17) is 9.15 Å². The third-order valence-electron chi connectivity index (χ3n) is 5.77. The van der Waals surface area contributed by atoms with Crippen LogP contribution in [0, 0.1) is 0 Å². The van der Waals surface area contributed by atoms with Gasteiger partial charge in [-0.1, -0.05) is 57.6 Å². The van der Waals surface area contributed by atoms with Crippen molar-refractivity contribution in [1.29, 1.82) is 0 Å². The monoisotopic (exact) mass is 564 g/mol. The predicted octanol–water partition coefficient (Wildman–Crippen LogP) is 4.53. The lowest BCUT2D eigenvalue weighted by Crippen LogP contribution is -2.39. The van der Waals surface area contributed by atoms with Gasteiger partial charge < -0.3 is 14.3 Å². The van der Waals surface area contributed by atoms with Crippen molar-refractivity contribution in [2.75, 3.05) is 6.61 Å². The van der Waals surface area contributed by atoms with Crippen molar-refractivity contribution < 1.29 is 19.1 Å². The molecule has 0 unspecified atom stereocenters. The van der Waals surface area contributed by atoms with E-state index in [0.717, 1.165) is 10.0 Å². The fourth-order valence-corrected chi connectivity index (χ4v) is 5.38. The molecule has 36 heavy (non-hydrogen) atoms.